The van der Waals surface area contributed by atoms with Crippen LogP contribution in [0.4, 0.5) is 14.5 Å². The highest BCUT2D eigenvalue weighted by atomic mass is 35.5. The van der Waals surface area contributed by atoms with E-state index in [1.54, 1.807) is 0 Å². The van der Waals surface area contributed by atoms with Crippen molar-refractivity contribution in [1.82, 2.24) is 10.2 Å². The molecule has 1 saturated heterocycles. The maximum Gasteiger partial charge on any atom is 0.252 e. The van der Waals surface area contributed by atoms with Gasteiger partial charge >= 0.3 is 0 Å². The van der Waals surface area contributed by atoms with Crippen LogP contribution in [0.15, 0.2) is 58.5 Å². The average Bonchev–Trinajstić information content (AvgIpc) is 3.31. The van der Waals surface area contributed by atoms with Crippen LogP contribution >= 0.6 is 11.6 Å². The minimum atomic E-state index is -2.59. The first-order chi connectivity index (χ1) is 13.9. The van der Waals surface area contributed by atoms with Crippen LogP contribution in [0.2, 0.25) is 5.02 Å². The second-order valence-electron chi connectivity index (χ2n) is 7.22. The van der Waals surface area contributed by atoms with E-state index in [-0.39, 0.29) is 12.8 Å². The van der Waals surface area contributed by atoms with Crippen molar-refractivity contribution in [2.75, 3.05) is 38.1 Å². The second-order valence-corrected chi connectivity index (χ2v) is 7.62. The Hall–Kier alpha value is -2.41. The van der Waals surface area contributed by atoms with Gasteiger partial charge in [-0.15, -0.1) is 0 Å². The van der Waals surface area contributed by atoms with Gasteiger partial charge in [-0.3, -0.25) is 0 Å². The highest BCUT2D eigenvalue weighted by molar-refractivity contribution is 6.33. The third-order valence-corrected chi connectivity index (χ3v) is 5.50. The second kappa shape index (κ2) is 9.39. The van der Waals surface area contributed by atoms with Gasteiger partial charge in [-0.2, -0.15) is 10.2 Å². The molecule has 5 nitrogen and oxygen atoms in total. The molecule has 1 aliphatic carbocycles. The smallest absolute Gasteiger partial charge is 0.252 e. The van der Waals surface area contributed by atoms with Crippen molar-refractivity contribution >= 4 is 29.7 Å². The molecule has 1 aromatic carbocycles. The number of hydrogen-bond acceptors (Lipinski definition) is 5. The highest BCUT2D eigenvalue weighted by Gasteiger charge is 2.56. The van der Waals surface area contributed by atoms with E-state index in [9.17, 15) is 8.78 Å². The zero-order valence-electron chi connectivity index (χ0n) is 16.5. The van der Waals surface area contributed by atoms with Crippen molar-refractivity contribution in [3.05, 3.63) is 53.3 Å². The van der Waals surface area contributed by atoms with E-state index in [2.05, 4.69) is 32.0 Å². The number of hydrogen-bond donors (Lipinski definition) is 1. The number of nitrogens with zero attached hydrogens (tertiary/aromatic N) is 4. The van der Waals surface area contributed by atoms with E-state index >= 15 is 0 Å². The molecular weight excluding hydrogens is 396 g/mol. The molecule has 1 atom stereocenters. The summed E-state index contributed by atoms with van der Waals surface area (Å²) >= 11 is 6.33. The SMILES string of the molecule is C=N\N=C(/C=C(\C=C/NC)N1CCN(c2ccccc2Cl)CC1)CC1CC1(F)F. The van der Waals surface area contributed by atoms with E-state index in [4.69, 9.17) is 11.6 Å². The van der Waals surface area contributed by atoms with E-state index in [0.717, 1.165) is 42.6 Å². The molecular formula is C21H26ClF2N5. The molecule has 156 valence electrons. The van der Waals surface area contributed by atoms with Gasteiger partial charge in [-0.05, 0) is 30.5 Å². The first-order valence-corrected chi connectivity index (χ1v) is 10.0. The van der Waals surface area contributed by atoms with Gasteiger partial charge in [0, 0.05) is 64.4 Å². The van der Waals surface area contributed by atoms with Crippen LogP contribution in [0.3, 0.4) is 0 Å². The third-order valence-electron chi connectivity index (χ3n) is 5.18. The Morgan fingerprint density at radius 3 is 2.59 bits per heavy atom. The van der Waals surface area contributed by atoms with Crippen molar-refractivity contribution in [3.63, 3.8) is 0 Å². The Morgan fingerprint density at radius 2 is 2.00 bits per heavy atom. The van der Waals surface area contributed by atoms with E-state index in [0.29, 0.717) is 5.71 Å². The quantitative estimate of drug-likeness (QED) is 0.389. The number of nitrogens with one attached hydrogen (secondary N) is 1. The number of benzene rings is 1. The zero-order chi connectivity index (χ0) is 20.9. The molecule has 0 spiro atoms. The van der Waals surface area contributed by atoms with Crippen LogP contribution in [-0.4, -0.2) is 56.5 Å². The Kier molecular flexibility index (Phi) is 6.90. The summed E-state index contributed by atoms with van der Waals surface area (Å²) in [6.07, 6.45) is 5.69. The van der Waals surface area contributed by atoms with Crippen molar-refractivity contribution in [2.24, 2.45) is 16.1 Å². The maximum atomic E-state index is 13.4. The van der Waals surface area contributed by atoms with Gasteiger partial charge in [0.05, 0.1) is 16.4 Å². The predicted molar refractivity (Wildman–Crippen MR) is 116 cm³/mol. The zero-order valence-corrected chi connectivity index (χ0v) is 17.2. The van der Waals surface area contributed by atoms with Crippen LogP contribution in [0, 0.1) is 5.92 Å². The monoisotopic (exact) mass is 421 g/mol. The molecule has 0 radical (unpaired) electrons. The molecule has 2 fully saturated rings. The fourth-order valence-corrected chi connectivity index (χ4v) is 3.72. The molecule has 1 unspecified atom stereocenters. The minimum absolute atomic E-state index is 0.0881. The van der Waals surface area contributed by atoms with Crippen molar-refractivity contribution in [3.8, 4) is 0 Å². The predicted octanol–water partition coefficient (Wildman–Crippen LogP) is 4.18. The summed E-state index contributed by atoms with van der Waals surface area (Å²) in [6, 6.07) is 7.81. The summed E-state index contributed by atoms with van der Waals surface area (Å²) in [5, 5.41) is 11.3. The average molecular weight is 422 g/mol. The molecule has 29 heavy (non-hydrogen) atoms. The van der Waals surface area contributed by atoms with E-state index < -0.39 is 11.8 Å². The Morgan fingerprint density at radius 1 is 1.31 bits per heavy atom. The van der Waals surface area contributed by atoms with Gasteiger partial charge in [0.1, 0.15) is 0 Å². The highest BCUT2D eigenvalue weighted by Crippen LogP contribution is 2.50. The number of alkyl halides is 2. The molecule has 8 heteroatoms. The summed E-state index contributed by atoms with van der Waals surface area (Å²) < 4.78 is 26.7. The van der Waals surface area contributed by atoms with Gasteiger partial charge in [0.25, 0.3) is 5.92 Å². The van der Waals surface area contributed by atoms with Crippen LogP contribution in [0.5, 0.6) is 0 Å². The Labute approximate surface area is 175 Å². The largest absolute Gasteiger partial charge is 0.394 e. The molecule has 0 aromatic heterocycles. The number of halogens is 3. The van der Waals surface area contributed by atoms with Gasteiger partial charge < -0.3 is 15.1 Å². The maximum absolute atomic E-state index is 13.4. The Balaban J connectivity index is 1.72. The lowest BCUT2D eigenvalue weighted by molar-refractivity contribution is 0.100. The lowest BCUT2D eigenvalue weighted by Crippen LogP contribution is -2.45. The number of para-hydroxylation sites is 1. The fraction of sp³-hybridized carbons (Fsp3) is 0.429. The van der Waals surface area contributed by atoms with E-state index in [1.165, 1.54) is 0 Å². The number of allylic oxidation sites excluding steroid dienone is 2. The van der Waals surface area contributed by atoms with Crippen molar-refractivity contribution in [1.29, 1.82) is 0 Å². The first-order valence-electron chi connectivity index (χ1n) is 9.65. The number of anilines is 1. The molecule has 1 aromatic rings. The first kappa shape index (κ1) is 21.3. The standard InChI is InChI=1S/C21H26ClF2N5/c1-25-8-7-18(14-17(27-26-2)13-16-15-21(16,23)24)28-9-11-29(12-10-28)20-6-4-3-5-19(20)22/h3-8,14,16,25H,2,9-13,15H2,1H3/b8-7-,18-14+,27-17-. The van der Waals surface area contributed by atoms with Gasteiger partial charge in [-0.25, -0.2) is 8.78 Å². The Bertz CT molecular complexity index is 813. The molecule has 3 rings (SSSR count). The summed E-state index contributed by atoms with van der Waals surface area (Å²) in [7, 11) is 1.81. The third kappa shape index (κ3) is 5.56. The fourth-order valence-electron chi connectivity index (χ4n) is 3.46. The van der Waals surface area contributed by atoms with Crippen LogP contribution < -0.4 is 10.2 Å². The summed E-state index contributed by atoms with van der Waals surface area (Å²) in [5.41, 5.74) is 2.45. The molecule has 0 amide bonds. The normalized spacial score (nSPS) is 22.1. The summed E-state index contributed by atoms with van der Waals surface area (Å²) in [6.45, 7) is 6.55. The molecule has 1 saturated carbocycles. The molecule has 1 aliphatic heterocycles. The van der Waals surface area contributed by atoms with Crippen LogP contribution in [-0.2, 0) is 0 Å². The lowest BCUT2D eigenvalue weighted by atomic mass is 10.1. The van der Waals surface area contributed by atoms with Gasteiger partial charge in [-0.1, -0.05) is 23.7 Å². The number of piperazine rings is 1. The summed E-state index contributed by atoms with van der Waals surface area (Å²) in [4.78, 5) is 4.47. The summed E-state index contributed by atoms with van der Waals surface area (Å²) in [5.74, 6) is -3.25. The number of rotatable bonds is 8. The van der Waals surface area contributed by atoms with Gasteiger partial charge in [0.15, 0.2) is 0 Å². The molecule has 1 N–H and O–H groups in total. The lowest BCUT2D eigenvalue weighted by Gasteiger charge is -2.38. The molecule has 0 bridgehead atoms. The van der Waals surface area contributed by atoms with Crippen LogP contribution in [0.25, 0.3) is 0 Å². The molecule has 2 aliphatic rings. The van der Waals surface area contributed by atoms with E-state index in [1.807, 2.05) is 49.7 Å². The topological polar surface area (TPSA) is 43.2 Å². The van der Waals surface area contributed by atoms with Crippen molar-refractivity contribution in [2.45, 2.75) is 18.8 Å². The van der Waals surface area contributed by atoms with Crippen molar-refractivity contribution < 1.29 is 8.78 Å². The molecule has 1 heterocycles. The van der Waals surface area contributed by atoms with Gasteiger partial charge in [0.2, 0.25) is 0 Å². The minimum Gasteiger partial charge on any atom is -0.394 e. The van der Waals surface area contributed by atoms with Crippen LogP contribution in [0.1, 0.15) is 12.8 Å².